The van der Waals surface area contributed by atoms with Crippen LogP contribution in [-0.2, 0) is 5.41 Å². The van der Waals surface area contributed by atoms with Gasteiger partial charge in [-0.25, -0.2) is 4.98 Å². The minimum Gasteiger partial charge on any atom is -0.458 e. The molecule has 11 aromatic carbocycles. The first-order chi connectivity index (χ1) is 42.4. The standard InChI is InChI=1S/C77H58N4O2Si/c1-52-46-74(78-50-66(52)64-37-23-43-73-75(64)65-35-15-19-42-72(65)83-73)81-68-39-16-14-34-62(68)63-45-44-56(49-71(63)81)82-55-26-21-25-54(48-55)79-51-80(70-41-18-17-40-69(70)79)76-61(36-22-38-67(76)77(2,3)4)53-24-20-33-60(47-53)84(57-27-8-5-9-28-57,58-29-10-6-11-30-58)59-31-12-7-13-32-59/h5-50H,1-4H3/i1D3. The zero-order chi connectivity index (χ0) is 59.0. The van der Waals surface area contributed by atoms with Crippen LogP contribution in [0, 0.1) is 13.2 Å². The second kappa shape index (κ2) is 20.3. The molecule has 15 rings (SSSR count). The molecule has 0 aliphatic heterocycles. The van der Waals surface area contributed by atoms with E-state index in [0.717, 1.165) is 77.3 Å². The van der Waals surface area contributed by atoms with Crippen LogP contribution in [0.25, 0.3) is 94.2 Å². The van der Waals surface area contributed by atoms with E-state index in [2.05, 4.69) is 218 Å². The summed E-state index contributed by atoms with van der Waals surface area (Å²) in [6.45, 7) is 4.39. The van der Waals surface area contributed by atoms with Gasteiger partial charge < -0.3 is 9.15 Å². The average molecular weight is 1100 g/mol. The molecular weight excluding hydrogens is 1040 g/mol. The SMILES string of the molecule is [2H]C([2H])([2H])c1cc(-n2c3ccccc3c3ccc(Oc4cccc(-n5[c-][n+](-c6c(-c7cccc([Si](c8ccccc8)(c8ccccc8)c8ccccc8)c7)cccc6C(C)(C)C)c6ccccc65)c4)cc32)ncc1-c1cccc2oc3ccccc3c12. The number of fused-ring (bicyclic) bond motifs is 7. The number of para-hydroxylation sites is 5. The van der Waals surface area contributed by atoms with Crippen molar-refractivity contribution in [2.75, 3.05) is 0 Å². The maximum atomic E-state index is 8.90. The van der Waals surface area contributed by atoms with Crippen LogP contribution < -0.4 is 30.1 Å². The van der Waals surface area contributed by atoms with Gasteiger partial charge >= 0.3 is 0 Å². The molecule has 0 unspecified atom stereocenters. The van der Waals surface area contributed by atoms with Crippen LogP contribution in [0.3, 0.4) is 0 Å². The molecule has 0 bridgehead atoms. The van der Waals surface area contributed by atoms with Gasteiger partial charge in [-0.3, -0.25) is 13.7 Å². The Morgan fingerprint density at radius 3 is 1.86 bits per heavy atom. The van der Waals surface area contributed by atoms with Gasteiger partial charge in [0.1, 0.15) is 28.5 Å². The van der Waals surface area contributed by atoms with E-state index in [1.165, 1.54) is 26.3 Å². The Balaban J connectivity index is 0.832. The summed E-state index contributed by atoms with van der Waals surface area (Å²) in [4.78, 5) is 5.07. The maximum absolute atomic E-state index is 8.90. The summed E-state index contributed by atoms with van der Waals surface area (Å²) in [5.41, 5.74) is 11.7. The second-order valence-corrected chi connectivity index (χ2v) is 26.4. The lowest BCUT2D eigenvalue weighted by Crippen LogP contribution is -2.74. The van der Waals surface area contributed by atoms with Crippen molar-refractivity contribution in [3.63, 3.8) is 0 Å². The van der Waals surface area contributed by atoms with E-state index in [-0.39, 0.29) is 11.0 Å². The molecule has 0 N–H and O–H groups in total. The van der Waals surface area contributed by atoms with E-state index in [9.17, 15) is 0 Å². The molecule has 4 heterocycles. The van der Waals surface area contributed by atoms with Crippen molar-refractivity contribution >= 4 is 83.6 Å². The molecule has 4 aromatic heterocycles. The molecule has 0 fully saturated rings. The molecule has 6 nitrogen and oxygen atoms in total. The lowest BCUT2D eigenvalue weighted by Gasteiger charge is -2.35. The zero-order valence-corrected chi connectivity index (χ0v) is 47.7. The van der Waals surface area contributed by atoms with Crippen molar-refractivity contribution < 1.29 is 17.8 Å². The predicted molar refractivity (Wildman–Crippen MR) is 347 cm³/mol. The quantitative estimate of drug-likeness (QED) is 0.0561. The van der Waals surface area contributed by atoms with Crippen LogP contribution in [0.4, 0.5) is 0 Å². The van der Waals surface area contributed by atoms with Gasteiger partial charge in [0.2, 0.25) is 0 Å². The number of ether oxygens (including phenoxy) is 1. The minimum atomic E-state index is -2.86. The normalized spacial score (nSPS) is 12.7. The Kier molecular flexibility index (Phi) is 11.4. The molecule has 0 radical (unpaired) electrons. The van der Waals surface area contributed by atoms with Crippen LogP contribution in [0.1, 0.15) is 36.0 Å². The molecule has 7 heteroatoms. The molecule has 0 saturated heterocycles. The number of rotatable bonds is 11. The summed E-state index contributed by atoms with van der Waals surface area (Å²) in [5, 5.41) is 9.02. The van der Waals surface area contributed by atoms with Crippen LogP contribution in [0.15, 0.2) is 284 Å². The third-order valence-electron chi connectivity index (χ3n) is 16.6. The van der Waals surface area contributed by atoms with Gasteiger partial charge in [0, 0.05) is 43.5 Å². The first-order valence-corrected chi connectivity index (χ1v) is 30.5. The average Bonchev–Trinajstić information content (AvgIpc) is 1.71. The molecule has 0 atom stereocenters. The van der Waals surface area contributed by atoms with E-state index < -0.39 is 14.9 Å². The lowest BCUT2D eigenvalue weighted by molar-refractivity contribution is -0.572. The smallest absolute Gasteiger partial charge is 0.269 e. The van der Waals surface area contributed by atoms with Crippen molar-refractivity contribution in [3.8, 4) is 50.9 Å². The van der Waals surface area contributed by atoms with Gasteiger partial charge in [0.25, 0.3) is 6.33 Å². The first kappa shape index (κ1) is 47.3. The summed E-state index contributed by atoms with van der Waals surface area (Å²) >= 11 is 0. The largest absolute Gasteiger partial charge is 0.458 e. The monoisotopic (exact) mass is 1100 g/mol. The van der Waals surface area contributed by atoms with Crippen molar-refractivity contribution in [2.24, 2.45) is 0 Å². The van der Waals surface area contributed by atoms with Crippen LogP contribution >= 0.6 is 0 Å². The van der Waals surface area contributed by atoms with Gasteiger partial charge in [-0.1, -0.05) is 233 Å². The molecule has 15 aromatic rings. The third-order valence-corrected chi connectivity index (χ3v) is 21.4. The molecule has 0 aliphatic rings. The highest BCUT2D eigenvalue weighted by Crippen LogP contribution is 2.41. The van der Waals surface area contributed by atoms with Crippen molar-refractivity contribution in [1.29, 1.82) is 0 Å². The van der Waals surface area contributed by atoms with Crippen molar-refractivity contribution in [2.45, 2.75) is 33.0 Å². The van der Waals surface area contributed by atoms with Gasteiger partial charge in [-0.2, -0.15) is 0 Å². The van der Waals surface area contributed by atoms with Crippen LogP contribution in [0.2, 0.25) is 0 Å². The predicted octanol–water partition coefficient (Wildman–Crippen LogP) is 16.2. The molecule has 0 spiro atoms. The van der Waals surface area contributed by atoms with Crippen LogP contribution in [0.5, 0.6) is 11.5 Å². The molecule has 0 aliphatic carbocycles. The number of nitrogens with zero attached hydrogens (tertiary/aromatic N) is 4. The van der Waals surface area contributed by atoms with Crippen molar-refractivity contribution in [1.82, 2.24) is 14.1 Å². The molecule has 402 valence electrons. The van der Waals surface area contributed by atoms with E-state index >= 15 is 0 Å². The number of aromatic nitrogens is 4. The Labute approximate surface area is 493 Å². The minimum absolute atomic E-state index is 0.192. The number of furan rings is 1. The lowest BCUT2D eigenvalue weighted by atomic mass is 9.83. The van der Waals surface area contributed by atoms with Crippen molar-refractivity contribution in [3.05, 3.63) is 297 Å². The molecular formula is C77H58N4O2Si. The fourth-order valence-corrected chi connectivity index (χ4v) is 17.7. The summed E-state index contributed by atoms with van der Waals surface area (Å²) in [7, 11) is -2.86. The van der Waals surface area contributed by atoms with E-state index in [1.807, 2.05) is 89.5 Å². The fourth-order valence-electron chi connectivity index (χ4n) is 12.9. The summed E-state index contributed by atoms with van der Waals surface area (Å²) in [5.74, 6) is 1.72. The first-order valence-electron chi connectivity index (χ1n) is 30.0. The van der Waals surface area contributed by atoms with Crippen LogP contribution in [-0.4, -0.2) is 22.2 Å². The fraction of sp³-hybridized carbons (Fsp3) is 0.0649. The highest BCUT2D eigenvalue weighted by Gasteiger charge is 2.41. The number of pyridine rings is 1. The second-order valence-electron chi connectivity index (χ2n) is 22.6. The zero-order valence-electron chi connectivity index (χ0n) is 49.7. The highest BCUT2D eigenvalue weighted by molar-refractivity contribution is 7.19. The Bertz CT molecular complexity index is 5020. The Hall–Kier alpha value is -10.3. The molecule has 0 amide bonds. The molecule has 0 saturated carbocycles. The summed E-state index contributed by atoms with van der Waals surface area (Å²) in [6.07, 6.45) is 5.60. The number of aryl methyl sites for hydroxylation is 1. The number of hydrogen-bond donors (Lipinski definition) is 0. The van der Waals surface area contributed by atoms with Gasteiger partial charge in [-0.05, 0) is 115 Å². The number of benzene rings is 11. The summed E-state index contributed by atoms with van der Waals surface area (Å²) < 4.78 is 46.2. The van der Waals surface area contributed by atoms with E-state index in [4.69, 9.17) is 18.3 Å². The number of hydrogen-bond acceptors (Lipinski definition) is 3. The summed E-state index contributed by atoms with van der Waals surface area (Å²) in [6, 6.07) is 95.5. The molecule has 84 heavy (non-hydrogen) atoms. The van der Waals surface area contributed by atoms with E-state index in [1.54, 1.807) is 12.3 Å². The third kappa shape index (κ3) is 8.38. The maximum Gasteiger partial charge on any atom is 0.269 e. The van der Waals surface area contributed by atoms with E-state index in [0.29, 0.717) is 28.5 Å². The topological polar surface area (TPSA) is 49.0 Å². The van der Waals surface area contributed by atoms with Gasteiger partial charge in [0.05, 0.1) is 33.4 Å². The van der Waals surface area contributed by atoms with Gasteiger partial charge in [0.15, 0.2) is 8.07 Å². The number of imidazole rings is 1. The highest BCUT2D eigenvalue weighted by atomic mass is 28.3. The Morgan fingerprint density at radius 2 is 1.11 bits per heavy atom. The van der Waals surface area contributed by atoms with Gasteiger partial charge in [-0.15, -0.1) is 0 Å². The Morgan fingerprint density at radius 1 is 0.500 bits per heavy atom.